The van der Waals surface area contributed by atoms with E-state index in [1.807, 2.05) is 17.5 Å². The number of thiophene rings is 1. The van der Waals surface area contributed by atoms with Crippen LogP contribution < -0.4 is 11.1 Å². The lowest BCUT2D eigenvalue weighted by Crippen LogP contribution is -2.22. The van der Waals surface area contributed by atoms with Gasteiger partial charge in [0.1, 0.15) is 0 Å². The minimum Gasteiger partial charge on any atom is -0.347 e. The number of nitrogens with one attached hydrogen (secondary N) is 1. The molecule has 0 spiro atoms. The summed E-state index contributed by atoms with van der Waals surface area (Å²) < 4.78 is 0. The predicted molar refractivity (Wildman–Crippen MR) is 82.9 cm³/mol. The Bertz CT molecular complexity index is 656. The monoisotopic (exact) mass is 304 g/mol. The molecule has 1 amide bonds. The summed E-state index contributed by atoms with van der Waals surface area (Å²) in [6.07, 6.45) is 0. The van der Waals surface area contributed by atoms with Crippen LogP contribution in [0.2, 0.25) is 5.02 Å². The fourth-order valence-corrected chi connectivity index (χ4v) is 2.46. The van der Waals surface area contributed by atoms with Crippen LogP contribution in [0.4, 0.5) is 0 Å². The average Bonchev–Trinajstić information content (AvgIpc) is 2.96. The van der Waals surface area contributed by atoms with Crippen molar-refractivity contribution in [2.45, 2.75) is 6.54 Å². The Labute approximate surface area is 126 Å². The molecule has 0 aliphatic rings. The number of amides is 1. The van der Waals surface area contributed by atoms with Gasteiger partial charge in [0, 0.05) is 16.0 Å². The number of halogens is 1. The van der Waals surface area contributed by atoms with E-state index in [0.29, 0.717) is 22.7 Å². The molecule has 0 unspecified atom stereocenters. The Morgan fingerprint density at radius 3 is 2.90 bits per heavy atom. The lowest BCUT2D eigenvalue weighted by atomic mass is 10.1. The summed E-state index contributed by atoms with van der Waals surface area (Å²) in [6.45, 7) is 0.794. The van der Waals surface area contributed by atoms with E-state index >= 15 is 0 Å². The molecule has 0 radical (unpaired) electrons. The van der Waals surface area contributed by atoms with Gasteiger partial charge in [0.05, 0.1) is 18.1 Å². The Balaban J connectivity index is 2.05. The summed E-state index contributed by atoms with van der Waals surface area (Å²) >= 11 is 7.69. The van der Waals surface area contributed by atoms with Crippen molar-refractivity contribution in [3.63, 3.8) is 0 Å². The molecule has 2 rings (SSSR count). The largest absolute Gasteiger partial charge is 0.347 e. The number of nitrogens with two attached hydrogens (primary N) is 1. The van der Waals surface area contributed by atoms with Gasteiger partial charge < -0.3 is 11.1 Å². The third-order valence-electron chi connectivity index (χ3n) is 2.56. The number of hydrogen-bond acceptors (Lipinski definition) is 3. The maximum atomic E-state index is 12.0. The highest BCUT2D eigenvalue weighted by Crippen LogP contribution is 2.17. The van der Waals surface area contributed by atoms with Crippen molar-refractivity contribution in [3.8, 4) is 11.8 Å². The van der Waals surface area contributed by atoms with Crippen molar-refractivity contribution >= 4 is 28.8 Å². The van der Waals surface area contributed by atoms with Crippen LogP contribution in [0.15, 0.2) is 35.7 Å². The first-order valence-electron chi connectivity index (χ1n) is 6.00. The van der Waals surface area contributed by atoms with Crippen LogP contribution >= 0.6 is 22.9 Å². The first kappa shape index (κ1) is 14.6. The zero-order valence-electron chi connectivity index (χ0n) is 10.7. The molecule has 2 aromatic rings. The first-order valence-corrected chi connectivity index (χ1v) is 7.25. The topological polar surface area (TPSA) is 55.1 Å². The number of hydrogen-bond donors (Lipinski definition) is 2. The Kier molecular flexibility index (Phi) is 5.19. The van der Waals surface area contributed by atoms with Crippen LogP contribution in [0.1, 0.15) is 20.8 Å². The normalized spacial score (nSPS) is 9.70. The highest BCUT2D eigenvalue weighted by Gasteiger charge is 2.08. The lowest BCUT2D eigenvalue weighted by molar-refractivity contribution is 0.0951. The van der Waals surface area contributed by atoms with Crippen LogP contribution in [-0.2, 0) is 6.54 Å². The molecule has 0 saturated carbocycles. The van der Waals surface area contributed by atoms with Crippen LogP contribution in [0.3, 0.4) is 0 Å². The third-order valence-corrected chi connectivity index (χ3v) is 3.75. The van der Waals surface area contributed by atoms with Gasteiger partial charge in [-0.1, -0.05) is 29.5 Å². The second-order valence-electron chi connectivity index (χ2n) is 3.96. The molecule has 0 aliphatic heterocycles. The van der Waals surface area contributed by atoms with E-state index in [1.54, 1.807) is 29.5 Å². The Morgan fingerprint density at radius 2 is 2.25 bits per heavy atom. The minimum atomic E-state index is -0.154. The summed E-state index contributed by atoms with van der Waals surface area (Å²) in [5, 5.41) is 5.28. The van der Waals surface area contributed by atoms with Gasteiger partial charge in [-0.15, -0.1) is 11.3 Å². The van der Waals surface area contributed by atoms with Crippen LogP contribution in [0.5, 0.6) is 0 Å². The average molecular weight is 305 g/mol. The van der Waals surface area contributed by atoms with Crippen LogP contribution in [0, 0.1) is 11.8 Å². The molecule has 0 bridgehead atoms. The molecule has 102 valence electrons. The summed E-state index contributed by atoms with van der Waals surface area (Å²) in [6, 6.07) is 8.98. The van der Waals surface area contributed by atoms with Crippen molar-refractivity contribution < 1.29 is 4.79 Å². The molecule has 0 aliphatic carbocycles. The van der Waals surface area contributed by atoms with Gasteiger partial charge in [0.2, 0.25) is 0 Å². The smallest absolute Gasteiger partial charge is 0.251 e. The van der Waals surface area contributed by atoms with Gasteiger partial charge in [-0.25, -0.2) is 0 Å². The van der Waals surface area contributed by atoms with E-state index in [9.17, 15) is 4.79 Å². The maximum absolute atomic E-state index is 12.0. The molecule has 0 atom stereocenters. The van der Waals surface area contributed by atoms with Gasteiger partial charge in [0.15, 0.2) is 0 Å². The van der Waals surface area contributed by atoms with Gasteiger partial charge in [-0.05, 0) is 29.6 Å². The fraction of sp³-hybridized carbons (Fsp3) is 0.133. The lowest BCUT2D eigenvalue weighted by Gasteiger charge is -2.05. The van der Waals surface area contributed by atoms with Crippen molar-refractivity contribution in [3.05, 3.63) is 56.7 Å². The number of carbonyl (C=O) groups is 1. The maximum Gasteiger partial charge on any atom is 0.251 e. The van der Waals surface area contributed by atoms with Gasteiger partial charge in [-0.3, -0.25) is 4.79 Å². The van der Waals surface area contributed by atoms with Crippen LogP contribution in [0.25, 0.3) is 0 Å². The summed E-state index contributed by atoms with van der Waals surface area (Å²) in [7, 11) is 0. The second kappa shape index (κ2) is 7.11. The van der Waals surface area contributed by atoms with E-state index in [-0.39, 0.29) is 12.5 Å². The molecule has 3 nitrogen and oxygen atoms in total. The molecule has 1 aromatic carbocycles. The van der Waals surface area contributed by atoms with E-state index < -0.39 is 0 Å². The zero-order chi connectivity index (χ0) is 14.4. The number of rotatable bonds is 3. The Hall–Kier alpha value is -1.80. The van der Waals surface area contributed by atoms with E-state index in [0.717, 1.165) is 4.88 Å². The third kappa shape index (κ3) is 3.84. The van der Waals surface area contributed by atoms with Gasteiger partial charge >= 0.3 is 0 Å². The summed E-state index contributed by atoms with van der Waals surface area (Å²) in [5.74, 6) is 5.43. The highest BCUT2D eigenvalue weighted by atomic mass is 35.5. The molecule has 5 heteroatoms. The molecule has 1 heterocycles. The number of benzene rings is 1. The molecular formula is C15H13ClN2OS. The van der Waals surface area contributed by atoms with Gasteiger partial charge in [-0.2, -0.15) is 0 Å². The molecule has 20 heavy (non-hydrogen) atoms. The minimum absolute atomic E-state index is 0.154. The van der Waals surface area contributed by atoms with Crippen molar-refractivity contribution in [2.24, 2.45) is 5.73 Å². The van der Waals surface area contributed by atoms with Gasteiger partial charge in [0.25, 0.3) is 5.91 Å². The second-order valence-corrected chi connectivity index (χ2v) is 5.40. The summed E-state index contributed by atoms with van der Waals surface area (Å²) in [4.78, 5) is 13.1. The molecule has 0 saturated heterocycles. The van der Waals surface area contributed by atoms with Crippen molar-refractivity contribution in [2.75, 3.05) is 6.54 Å². The molecule has 0 fully saturated rings. The quantitative estimate of drug-likeness (QED) is 0.857. The standard InChI is InChI=1S/C15H13ClN2OS/c16-14-9-12(6-5-11(14)3-1-7-17)15(19)18-10-13-4-2-8-20-13/h2,4-6,8-9H,7,10,17H2,(H,18,19). The number of carbonyl (C=O) groups excluding carboxylic acids is 1. The SMILES string of the molecule is NCC#Cc1ccc(C(=O)NCc2cccs2)cc1Cl. The summed E-state index contributed by atoms with van der Waals surface area (Å²) in [5.41, 5.74) is 6.50. The van der Waals surface area contributed by atoms with Crippen LogP contribution in [-0.4, -0.2) is 12.5 Å². The zero-order valence-corrected chi connectivity index (χ0v) is 12.2. The fourth-order valence-electron chi connectivity index (χ4n) is 1.59. The molecule has 3 N–H and O–H groups in total. The molecular weight excluding hydrogens is 292 g/mol. The van der Waals surface area contributed by atoms with E-state index in [4.69, 9.17) is 17.3 Å². The van der Waals surface area contributed by atoms with E-state index in [2.05, 4.69) is 17.2 Å². The predicted octanol–water partition coefficient (Wildman–Crippen LogP) is 2.64. The molecule has 1 aromatic heterocycles. The Morgan fingerprint density at radius 1 is 1.40 bits per heavy atom. The van der Waals surface area contributed by atoms with Crippen molar-refractivity contribution in [1.82, 2.24) is 5.32 Å². The van der Waals surface area contributed by atoms with Crippen molar-refractivity contribution in [1.29, 1.82) is 0 Å². The first-order chi connectivity index (χ1) is 9.70. The highest BCUT2D eigenvalue weighted by molar-refractivity contribution is 7.09. The van der Waals surface area contributed by atoms with E-state index in [1.165, 1.54) is 0 Å².